The van der Waals surface area contributed by atoms with Gasteiger partial charge in [-0.05, 0) is 34.6 Å². The van der Waals surface area contributed by atoms with E-state index >= 15 is 0 Å². The molecule has 0 heterocycles. The summed E-state index contributed by atoms with van der Waals surface area (Å²) in [4.78, 5) is 34.1. The van der Waals surface area contributed by atoms with Crippen molar-refractivity contribution < 1.29 is 24.2 Å². The SMILES string of the molecule is C[C@H](NC(=O)C[O])C(=O)N[C@@H](C)C(=O)OC(C)(C)C. The molecule has 0 bridgehead atoms. The first-order valence-electron chi connectivity index (χ1n) is 5.97. The molecule has 19 heavy (non-hydrogen) atoms. The number of carbonyl (C=O) groups excluding carboxylic acids is 3. The van der Waals surface area contributed by atoms with Crippen LogP contribution in [0.1, 0.15) is 34.6 Å². The predicted molar refractivity (Wildman–Crippen MR) is 66.6 cm³/mol. The minimum Gasteiger partial charge on any atom is -0.458 e. The second-order valence-electron chi connectivity index (χ2n) is 5.20. The number of amides is 2. The van der Waals surface area contributed by atoms with Crippen molar-refractivity contribution in [2.45, 2.75) is 52.3 Å². The summed E-state index contributed by atoms with van der Waals surface area (Å²) in [7, 11) is 0. The molecule has 0 spiro atoms. The van der Waals surface area contributed by atoms with Crippen molar-refractivity contribution in [2.24, 2.45) is 0 Å². The zero-order valence-electron chi connectivity index (χ0n) is 11.9. The van der Waals surface area contributed by atoms with Gasteiger partial charge in [-0.3, -0.25) is 9.59 Å². The fourth-order valence-corrected chi connectivity index (χ4v) is 1.14. The zero-order chi connectivity index (χ0) is 15.2. The van der Waals surface area contributed by atoms with Crippen LogP contribution < -0.4 is 10.6 Å². The number of ether oxygens (including phenoxy) is 1. The summed E-state index contributed by atoms with van der Waals surface area (Å²) >= 11 is 0. The van der Waals surface area contributed by atoms with Crippen molar-refractivity contribution in [3.05, 3.63) is 0 Å². The Balaban J connectivity index is 4.32. The highest BCUT2D eigenvalue weighted by molar-refractivity contribution is 5.90. The van der Waals surface area contributed by atoms with Gasteiger partial charge in [-0.25, -0.2) is 9.90 Å². The lowest BCUT2D eigenvalue weighted by Crippen LogP contribution is -2.50. The number of rotatable bonds is 5. The standard InChI is InChI=1S/C12H21N2O5/c1-7(13-9(16)6-15)10(17)14-8(2)11(18)19-12(3,4)5/h7-8H,6H2,1-5H3,(H,13,16)(H,14,17)/t7-,8-/m0/s1. The first-order valence-corrected chi connectivity index (χ1v) is 5.97. The third-order valence-electron chi connectivity index (χ3n) is 2.02. The molecule has 0 aliphatic rings. The van der Waals surface area contributed by atoms with Gasteiger partial charge in [0.2, 0.25) is 11.8 Å². The number of esters is 1. The first-order chi connectivity index (χ1) is 8.56. The molecule has 0 unspecified atom stereocenters. The molecule has 0 aromatic carbocycles. The number of hydrogen-bond donors (Lipinski definition) is 2. The Kier molecular flexibility index (Phi) is 6.47. The van der Waals surface area contributed by atoms with Gasteiger partial charge in [0.05, 0.1) is 0 Å². The molecule has 0 aromatic heterocycles. The summed E-state index contributed by atoms with van der Waals surface area (Å²) < 4.78 is 5.09. The number of hydrogen-bond acceptors (Lipinski definition) is 4. The predicted octanol–water partition coefficient (Wildman–Crippen LogP) is -0.232. The van der Waals surface area contributed by atoms with Crippen molar-refractivity contribution in [1.29, 1.82) is 0 Å². The topological polar surface area (TPSA) is 104 Å². The Hall–Kier alpha value is -1.63. The third-order valence-corrected chi connectivity index (χ3v) is 2.02. The van der Waals surface area contributed by atoms with E-state index in [1.807, 2.05) is 0 Å². The van der Waals surface area contributed by atoms with Gasteiger partial charge in [0.25, 0.3) is 0 Å². The molecule has 2 N–H and O–H groups in total. The van der Waals surface area contributed by atoms with Crippen molar-refractivity contribution in [1.82, 2.24) is 10.6 Å². The molecule has 0 saturated heterocycles. The highest BCUT2D eigenvalue weighted by Crippen LogP contribution is 2.08. The van der Waals surface area contributed by atoms with E-state index in [2.05, 4.69) is 10.6 Å². The highest BCUT2D eigenvalue weighted by atomic mass is 16.6. The summed E-state index contributed by atoms with van der Waals surface area (Å²) in [5.41, 5.74) is -0.640. The Bertz CT molecular complexity index is 349. The van der Waals surface area contributed by atoms with E-state index < -0.39 is 42.1 Å². The Morgan fingerprint density at radius 1 is 1.05 bits per heavy atom. The Morgan fingerprint density at radius 2 is 1.58 bits per heavy atom. The molecule has 0 aromatic rings. The summed E-state index contributed by atoms with van der Waals surface area (Å²) in [6.45, 7) is 7.11. The molecule has 2 amide bonds. The average Bonchev–Trinajstić information content (AvgIpc) is 2.26. The smallest absolute Gasteiger partial charge is 0.328 e. The monoisotopic (exact) mass is 273 g/mol. The summed E-state index contributed by atoms with van der Waals surface area (Å²) in [6.07, 6.45) is 0. The van der Waals surface area contributed by atoms with Gasteiger partial charge < -0.3 is 15.4 Å². The lowest BCUT2D eigenvalue weighted by Gasteiger charge is -2.23. The Morgan fingerprint density at radius 3 is 2.00 bits per heavy atom. The van der Waals surface area contributed by atoms with Crippen molar-refractivity contribution >= 4 is 17.8 Å². The second kappa shape index (κ2) is 7.08. The van der Waals surface area contributed by atoms with Crippen LogP contribution in [-0.4, -0.2) is 42.1 Å². The van der Waals surface area contributed by atoms with Crippen molar-refractivity contribution in [3.63, 3.8) is 0 Å². The van der Waals surface area contributed by atoms with Crippen LogP contribution in [0.15, 0.2) is 0 Å². The largest absolute Gasteiger partial charge is 0.458 e. The molecular formula is C12H21N2O5. The molecule has 7 heteroatoms. The van der Waals surface area contributed by atoms with Crippen LogP contribution in [0.5, 0.6) is 0 Å². The molecule has 0 aliphatic carbocycles. The minimum atomic E-state index is -0.945. The van der Waals surface area contributed by atoms with E-state index in [1.54, 1.807) is 20.8 Å². The summed E-state index contributed by atoms with van der Waals surface area (Å²) in [5.74, 6) is -1.89. The molecule has 109 valence electrons. The normalized spacial score (nSPS) is 14.2. The highest BCUT2D eigenvalue weighted by Gasteiger charge is 2.25. The maximum Gasteiger partial charge on any atom is 0.328 e. The van der Waals surface area contributed by atoms with E-state index in [0.29, 0.717) is 0 Å². The van der Waals surface area contributed by atoms with Crippen LogP contribution in [0.4, 0.5) is 0 Å². The maximum absolute atomic E-state index is 11.6. The van der Waals surface area contributed by atoms with E-state index in [0.717, 1.165) is 0 Å². The third kappa shape index (κ3) is 7.40. The molecule has 0 rings (SSSR count). The van der Waals surface area contributed by atoms with Gasteiger partial charge in [-0.15, -0.1) is 0 Å². The molecule has 1 radical (unpaired) electrons. The summed E-state index contributed by atoms with van der Waals surface area (Å²) in [5, 5.41) is 14.9. The van der Waals surface area contributed by atoms with Crippen LogP contribution in [0.3, 0.4) is 0 Å². The molecule has 0 fully saturated rings. The molecular weight excluding hydrogens is 252 g/mol. The van der Waals surface area contributed by atoms with E-state index in [9.17, 15) is 19.5 Å². The lowest BCUT2D eigenvalue weighted by atomic mass is 10.2. The fraction of sp³-hybridized carbons (Fsp3) is 0.750. The summed E-state index contributed by atoms with van der Waals surface area (Å²) in [6, 6.07) is -1.72. The second-order valence-corrected chi connectivity index (χ2v) is 5.20. The first kappa shape index (κ1) is 17.4. The zero-order valence-corrected chi connectivity index (χ0v) is 11.9. The van der Waals surface area contributed by atoms with Crippen molar-refractivity contribution in [2.75, 3.05) is 6.61 Å². The lowest BCUT2D eigenvalue weighted by molar-refractivity contribution is -0.158. The van der Waals surface area contributed by atoms with Crippen molar-refractivity contribution in [3.8, 4) is 0 Å². The van der Waals surface area contributed by atoms with Gasteiger partial charge in [-0.2, -0.15) is 0 Å². The van der Waals surface area contributed by atoms with E-state index in [-0.39, 0.29) is 0 Å². The van der Waals surface area contributed by atoms with Gasteiger partial charge >= 0.3 is 5.97 Å². The molecule has 7 nitrogen and oxygen atoms in total. The average molecular weight is 273 g/mol. The van der Waals surface area contributed by atoms with Gasteiger partial charge in [0, 0.05) is 0 Å². The molecule has 0 aliphatic heterocycles. The van der Waals surface area contributed by atoms with Crippen LogP contribution >= 0.6 is 0 Å². The van der Waals surface area contributed by atoms with Gasteiger partial charge in [0.1, 0.15) is 17.7 Å². The van der Waals surface area contributed by atoms with Crippen LogP contribution in [0, 0.1) is 0 Å². The van der Waals surface area contributed by atoms with Crippen LogP contribution in [0.2, 0.25) is 0 Å². The minimum absolute atomic E-state index is 0.555. The number of nitrogens with one attached hydrogen (secondary N) is 2. The van der Waals surface area contributed by atoms with Crippen LogP contribution in [-0.2, 0) is 24.2 Å². The van der Waals surface area contributed by atoms with Gasteiger partial charge in [0.15, 0.2) is 6.61 Å². The fourth-order valence-electron chi connectivity index (χ4n) is 1.14. The van der Waals surface area contributed by atoms with E-state index in [4.69, 9.17) is 4.74 Å². The Labute approximate surface area is 112 Å². The maximum atomic E-state index is 11.6. The molecule has 2 atom stereocenters. The van der Waals surface area contributed by atoms with E-state index in [1.165, 1.54) is 13.8 Å². The van der Waals surface area contributed by atoms with Gasteiger partial charge in [-0.1, -0.05) is 0 Å². The molecule has 0 saturated carbocycles. The quantitative estimate of drug-likeness (QED) is 0.675. The number of carbonyl (C=O) groups is 3. The van der Waals surface area contributed by atoms with Crippen LogP contribution in [0.25, 0.3) is 0 Å².